The molecule has 0 amide bonds. The van der Waals surface area contributed by atoms with Crippen molar-refractivity contribution in [1.82, 2.24) is 5.32 Å². The third-order valence-corrected chi connectivity index (χ3v) is 5.12. The van der Waals surface area contributed by atoms with Crippen LogP contribution in [-0.4, -0.2) is 185 Å². The fourth-order valence-corrected chi connectivity index (χ4v) is 2.94. The molecule has 44 heavy (non-hydrogen) atoms. The summed E-state index contributed by atoms with van der Waals surface area (Å²) in [7, 11) is 1.89. The summed E-state index contributed by atoms with van der Waals surface area (Å²) < 4.78 is 69.8. The number of esters is 1. The Morgan fingerprint density at radius 1 is 0.341 bits per heavy atom. The van der Waals surface area contributed by atoms with E-state index in [0.717, 1.165) is 6.54 Å². The largest absolute Gasteiger partial charge is 0.463 e. The SMILES string of the molecule is CNCCOCCOCCOCCOCCOCCOCCOCCOCCOCCOCCOCCOCCOC(C)=O. The van der Waals surface area contributed by atoms with Crippen LogP contribution in [0.25, 0.3) is 0 Å². The molecule has 0 aliphatic carbocycles. The summed E-state index contributed by atoms with van der Waals surface area (Å²) in [6, 6.07) is 0. The number of likely N-dealkylation sites (N-methyl/N-ethyl adjacent to an activating group) is 1. The Labute approximate surface area is 263 Å². The zero-order chi connectivity index (χ0) is 31.9. The van der Waals surface area contributed by atoms with Gasteiger partial charge >= 0.3 is 5.97 Å². The van der Waals surface area contributed by atoms with Gasteiger partial charge in [-0.05, 0) is 7.05 Å². The van der Waals surface area contributed by atoms with Gasteiger partial charge in [-0.25, -0.2) is 0 Å². The van der Waals surface area contributed by atoms with Gasteiger partial charge in [-0.15, -0.1) is 0 Å². The molecule has 0 rings (SSSR count). The minimum atomic E-state index is -0.311. The van der Waals surface area contributed by atoms with Crippen molar-refractivity contribution in [2.24, 2.45) is 0 Å². The lowest BCUT2D eigenvalue weighted by molar-refractivity contribution is -0.142. The normalized spacial score (nSPS) is 11.4. The van der Waals surface area contributed by atoms with Crippen LogP contribution < -0.4 is 5.32 Å². The number of hydrogen-bond donors (Lipinski definition) is 1. The molecule has 0 fully saturated rings. The fourth-order valence-electron chi connectivity index (χ4n) is 2.94. The van der Waals surface area contributed by atoms with Gasteiger partial charge in [0.2, 0.25) is 0 Å². The van der Waals surface area contributed by atoms with Crippen molar-refractivity contribution in [2.45, 2.75) is 6.92 Å². The number of hydrogen-bond acceptors (Lipinski definition) is 15. The number of ether oxygens (including phenoxy) is 13. The summed E-state index contributed by atoms with van der Waals surface area (Å²) in [6.07, 6.45) is 0. The second kappa shape index (κ2) is 40.0. The predicted octanol–water partition coefficient (Wildman–Crippen LogP) is -0.0319. The summed E-state index contributed by atoms with van der Waals surface area (Å²) in [5, 5.41) is 3.02. The first-order valence-electron chi connectivity index (χ1n) is 15.5. The minimum absolute atomic E-state index is 0.258. The van der Waals surface area contributed by atoms with E-state index >= 15 is 0 Å². The smallest absolute Gasteiger partial charge is 0.302 e. The van der Waals surface area contributed by atoms with Crippen LogP contribution in [0.3, 0.4) is 0 Å². The van der Waals surface area contributed by atoms with Crippen molar-refractivity contribution >= 4 is 5.97 Å². The van der Waals surface area contributed by atoms with Crippen molar-refractivity contribution in [3.63, 3.8) is 0 Å². The molecule has 0 saturated carbocycles. The van der Waals surface area contributed by atoms with Crippen LogP contribution in [0.15, 0.2) is 0 Å². The average molecular weight is 646 g/mol. The second-order valence-electron chi connectivity index (χ2n) is 8.79. The van der Waals surface area contributed by atoms with E-state index in [9.17, 15) is 4.79 Å². The van der Waals surface area contributed by atoms with Gasteiger partial charge in [-0.2, -0.15) is 0 Å². The number of nitrogens with one attached hydrogen (secondary N) is 1. The van der Waals surface area contributed by atoms with Gasteiger partial charge in [0.05, 0.1) is 159 Å². The van der Waals surface area contributed by atoms with Crippen LogP contribution in [0.5, 0.6) is 0 Å². The molecular weight excluding hydrogens is 586 g/mol. The molecule has 0 unspecified atom stereocenters. The standard InChI is InChI=1S/C29H59NO14/c1-29(31)44-28-27-43-26-25-42-24-23-41-22-21-40-20-19-39-18-17-38-16-15-37-14-13-36-12-11-35-10-9-34-8-7-33-6-5-32-4-3-30-2/h30H,3-28H2,1-2H3. The van der Waals surface area contributed by atoms with Crippen LogP contribution in [0.4, 0.5) is 0 Å². The van der Waals surface area contributed by atoms with Gasteiger partial charge < -0.3 is 66.9 Å². The Balaban J connectivity index is 3.04. The maximum Gasteiger partial charge on any atom is 0.302 e. The minimum Gasteiger partial charge on any atom is -0.463 e. The molecule has 15 nitrogen and oxygen atoms in total. The summed E-state index contributed by atoms with van der Waals surface area (Å²) in [5.74, 6) is -0.311. The molecule has 0 atom stereocenters. The van der Waals surface area contributed by atoms with Crippen molar-refractivity contribution in [3.05, 3.63) is 0 Å². The highest BCUT2D eigenvalue weighted by molar-refractivity contribution is 5.65. The molecule has 0 aliphatic rings. The first-order chi connectivity index (χ1) is 21.8. The zero-order valence-electron chi connectivity index (χ0n) is 27.1. The lowest BCUT2D eigenvalue weighted by atomic mass is 10.6. The molecule has 0 aliphatic heterocycles. The molecule has 0 aromatic carbocycles. The molecule has 264 valence electrons. The lowest BCUT2D eigenvalue weighted by Crippen LogP contribution is -2.17. The van der Waals surface area contributed by atoms with Crippen LogP contribution in [0.1, 0.15) is 6.92 Å². The Hall–Kier alpha value is -1.05. The molecule has 15 heteroatoms. The van der Waals surface area contributed by atoms with E-state index in [-0.39, 0.29) is 12.6 Å². The van der Waals surface area contributed by atoms with Crippen LogP contribution in [-0.2, 0) is 66.4 Å². The highest BCUT2D eigenvalue weighted by atomic mass is 16.6. The Morgan fingerprint density at radius 2 is 0.523 bits per heavy atom. The van der Waals surface area contributed by atoms with Crippen molar-refractivity contribution < 1.29 is 66.4 Å². The molecule has 0 radical (unpaired) electrons. The first-order valence-corrected chi connectivity index (χ1v) is 15.5. The lowest BCUT2D eigenvalue weighted by Gasteiger charge is -2.09. The topological polar surface area (TPSA) is 149 Å². The van der Waals surface area contributed by atoms with Gasteiger partial charge in [-0.1, -0.05) is 0 Å². The molecule has 0 bridgehead atoms. The Morgan fingerprint density at radius 3 is 0.705 bits per heavy atom. The molecule has 0 saturated heterocycles. The molecule has 0 aromatic heterocycles. The Bertz CT molecular complexity index is 550. The monoisotopic (exact) mass is 645 g/mol. The fraction of sp³-hybridized carbons (Fsp3) is 0.966. The molecule has 0 aromatic rings. The van der Waals surface area contributed by atoms with Crippen molar-refractivity contribution in [1.29, 1.82) is 0 Å². The second-order valence-corrected chi connectivity index (χ2v) is 8.79. The third-order valence-electron chi connectivity index (χ3n) is 5.12. The summed E-state index contributed by atoms with van der Waals surface area (Å²) in [6.45, 7) is 14.7. The maximum absolute atomic E-state index is 10.6. The number of carbonyl (C=O) groups is 1. The van der Waals surface area contributed by atoms with Gasteiger partial charge in [0.15, 0.2) is 0 Å². The van der Waals surface area contributed by atoms with Crippen LogP contribution >= 0.6 is 0 Å². The summed E-state index contributed by atoms with van der Waals surface area (Å²) in [4.78, 5) is 10.6. The third kappa shape index (κ3) is 41.0. The van der Waals surface area contributed by atoms with Gasteiger partial charge in [-0.3, -0.25) is 4.79 Å². The van der Waals surface area contributed by atoms with E-state index in [2.05, 4.69) is 5.32 Å². The van der Waals surface area contributed by atoms with Crippen molar-refractivity contribution in [2.75, 3.05) is 179 Å². The molecule has 1 N–H and O–H groups in total. The van der Waals surface area contributed by atoms with Gasteiger partial charge in [0, 0.05) is 13.5 Å². The summed E-state index contributed by atoms with van der Waals surface area (Å²) in [5.41, 5.74) is 0. The van der Waals surface area contributed by atoms with E-state index in [1.54, 1.807) is 0 Å². The van der Waals surface area contributed by atoms with E-state index in [0.29, 0.717) is 159 Å². The van der Waals surface area contributed by atoms with Crippen molar-refractivity contribution in [3.8, 4) is 0 Å². The Kier molecular flexibility index (Phi) is 39.0. The summed E-state index contributed by atoms with van der Waals surface area (Å²) >= 11 is 0. The number of rotatable bonds is 39. The highest BCUT2D eigenvalue weighted by Gasteiger charge is 1.97. The van der Waals surface area contributed by atoms with Gasteiger partial charge in [0.25, 0.3) is 0 Å². The predicted molar refractivity (Wildman–Crippen MR) is 160 cm³/mol. The maximum atomic E-state index is 10.6. The van der Waals surface area contributed by atoms with Crippen LogP contribution in [0.2, 0.25) is 0 Å². The quantitative estimate of drug-likeness (QED) is 0.0704. The number of carbonyl (C=O) groups excluding carboxylic acids is 1. The van der Waals surface area contributed by atoms with Gasteiger partial charge in [0.1, 0.15) is 6.61 Å². The first kappa shape index (κ1) is 43.0. The average Bonchev–Trinajstić information content (AvgIpc) is 3.02. The van der Waals surface area contributed by atoms with E-state index in [1.165, 1.54) is 6.92 Å². The molecular formula is C29H59NO14. The van der Waals surface area contributed by atoms with E-state index in [1.807, 2.05) is 7.05 Å². The molecule has 0 spiro atoms. The van der Waals surface area contributed by atoms with Crippen LogP contribution in [0, 0.1) is 0 Å². The molecule has 0 heterocycles. The van der Waals surface area contributed by atoms with E-state index in [4.69, 9.17) is 61.6 Å². The van der Waals surface area contributed by atoms with E-state index < -0.39 is 0 Å². The highest BCUT2D eigenvalue weighted by Crippen LogP contribution is 1.87. The zero-order valence-corrected chi connectivity index (χ0v) is 27.1.